The summed E-state index contributed by atoms with van der Waals surface area (Å²) in [6.45, 7) is 2.37. The van der Waals surface area contributed by atoms with Crippen LogP contribution < -0.4 is 5.32 Å². The molecule has 0 radical (unpaired) electrons. The monoisotopic (exact) mass is 537 g/mol. The fraction of sp³-hybridized carbons (Fsp3) is 0.294. The SMILES string of the molecule is Cc1ccccc1CCN(C(=O)c1ccc(-c2ccccc2)[nH]1)C(C(=O)NC1CCCCC1)c1ccc(F)cc1. The number of hydrogen-bond donors (Lipinski definition) is 2. The number of hydrogen-bond acceptors (Lipinski definition) is 2. The summed E-state index contributed by atoms with van der Waals surface area (Å²) in [6.07, 6.45) is 5.76. The maximum absolute atomic E-state index is 14.2. The van der Waals surface area contributed by atoms with Crippen LogP contribution in [-0.4, -0.2) is 34.3 Å². The van der Waals surface area contributed by atoms with E-state index in [4.69, 9.17) is 0 Å². The molecule has 1 aliphatic carbocycles. The lowest BCUT2D eigenvalue weighted by molar-refractivity contribution is -0.126. The number of nitrogens with one attached hydrogen (secondary N) is 2. The van der Waals surface area contributed by atoms with Crippen molar-refractivity contribution in [2.24, 2.45) is 0 Å². The first-order valence-corrected chi connectivity index (χ1v) is 14.2. The summed E-state index contributed by atoms with van der Waals surface area (Å²) in [7, 11) is 0. The Balaban J connectivity index is 1.51. The molecule has 6 heteroatoms. The van der Waals surface area contributed by atoms with Crippen LogP contribution in [0.5, 0.6) is 0 Å². The second-order valence-corrected chi connectivity index (χ2v) is 10.6. The summed E-state index contributed by atoms with van der Waals surface area (Å²) in [5.74, 6) is -0.889. The number of halogens is 1. The van der Waals surface area contributed by atoms with E-state index >= 15 is 0 Å². The summed E-state index contributed by atoms with van der Waals surface area (Å²) < 4.78 is 13.9. The fourth-order valence-corrected chi connectivity index (χ4v) is 5.59. The van der Waals surface area contributed by atoms with Crippen molar-refractivity contribution in [3.05, 3.63) is 119 Å². The predicted molar refractivity (Wildman–Crippen MR) is 156 cm³/mol. The van der Waals surface area contributed by atoms with Gasteiger partial charge in [0.2, 0.25) is 5.91 Å². The van der Waals surface area contributed by atoms with Gasteiger partial charge in [-0.1, -0.05) is 86.0 Å². The third-order valence-electron chi connectivity index (χ3n) is 7.84. The van der Waals surface area contributed by atoms with Gasteiger partial charge in [0.05, 0.1) is 0 Å². The molecule has 2 amide bonds. The summed E-state index contributed by atoms with van der Waals surface area (Å²) in [5, 5.41) is 3.22. The first-order valence-electron chi connectivity index (χ1n) is 14.2. The molecule has 1 aliphatic rings. The standard InChI is InChI=1S/C34H36FN3O2/c1-24-10-8-9-11-25(24)22-23-38(34(40)31-21-20-30(37-31)26-12-4-2-5-13-26)32(27-16-18-28(35)19-17-27)33(39)36-29-14-6-3-7-15-29/h2,4-5,8-13,16-21,29,32,37H,3,6-7,14-15,22-23H2,1H3,(H,36,39). The number of carbonyl (C=O) groups excluding carboxylic acids is 2. The number of aromatic amines is 1. The first-order chi connectivity index (χ1) is 19.5. The largest absolute Gasteiger partial charge is 0.351 e. The van der Waals surface area contributed by atoms with Crippen molar-refractivity contribution in [1.29, 1.82) is 0 Å². The van der Waals surface area contributed by atoms with Crippen LogP contribution in [0.4, 0.5) is 4.39 Å². The van der Waals surface area contributed by atoms with Gasteiger partial charge in [0, 0.05) is 18.3 Å². The van der Waals surface area contributed by atoms with Gasteiger partial charge < -0.3 is 15.2 Å². The Morgan fingerprint density at radius 3 is 2.33 bits per heavy atom. The molecule has 0 saturated heterocycles. The minimum absolute atomic E-state index is 0.0766. The smallest absolute Gasteiger partial charge is 0.271 e. The van der Waals surface area contributed by atoms with Crippen molar-refractivity contribution in [2.75, 3.05) is 6.54 Å². The van der Waals surface area contributed by atoms with Crippen molar-refractivity contribution in [1.82, 2.24) is 15.2 Å². The van der Waals surface area contributed by atoms with E-state index in [0.717, 1.165) is 48.1 Å². The molecule has 1 unspecified atom stereocenters. The van der Waals surface area contributed by atoms with Crippen LogP contribution >= 0.6 is 0 Å². The van der Waals surface area contributed by atoms with Crippen LogP contribution in [0.25, 0.3) is 11.3 Å². The van der Waals surface area contributed by atoms with Gasteiger partial charge >= 0.3 is 0 Å². The van der Waals surface area contributed by atoms with Crippen molar-refractivity contribution in [3.63, 3.8) is 0 Å². The molecule has 1 fully saturated rings. The molecule has 1 atom stereocenters. The Morgan fingerprint density at radius 2 is 1.60 bits per heavy atom. The highest BCUT2D eigenvalue weighted by Crippen LogP contribution is 2.28. The summed E-state index contributed by atoms with van der Waals surface area (Å²) >= 11 is 0. The van der Waals surface area contributed by atoms with E-state index in [2.05, 4.69) is 16.4 Å². The van der Waals surface area contributed by atoms with Crippen molar-refractivity contribution >= 4 is 11.8 Å². The fourth-order valence-electron chi connectivity index (χ4n) is 5.59. The number of benzene rings is 3. The molecule has 3 aromatic carbocycles. The van der Waals surface area contributed by atoms with E-state index in [9.17, 15) is 14.0 Å². The van der Waals surface area contributed by atoms with Crippen LogP contribution in [0.3, 0.4) is 0 Å². The van der Waals surface area contributed by atoms with Crippen molar-refractivity contribution < 1.29 is 14.0 Å². The second-order valence-electron chi connectivity index (χ2n) is 10.6. The van der Waals surface area contributed by atoms with Gasteiger partial charge in [0.25, 0.3) is 5.91 Å². The Labute approximate surface area is 235 Å². The topological polar surface area (TPSA) is 65.2 Å². The minimum atomic E-state index is -0.900. The van der Waals surface area contributed by atoms with Crippen LogP contribution in [0.1, 0.15) is 65.3 Å². The number of nitrogens with zero attached hydrogens (tertiary/aromatic N) is 1. The Kier molecular flexibility index (Phi) is 8.74. The Hall–Kier alpha value is -4.19. The third-order valence-corrected chi connectivity index (χ3v) is 7.84. The minimum Gasteiger partial charge on any atom is -0.351 e. The van der Waals surface area contributed by atoms with E-state index < -0.39 is 6.04 Å². The lowest BCUT2D eigenvalue weighted by Gasteiger charge is -2.33. The molecule has 0 spiro atoms. The van der Waals surface area contributed by atoms with Gasteiger partial charge in [-0.25, -0.2) is 4.39 Å². The van der Waals surface area contributed by atoms with Crippen molar-refractivity contribution in [2.45, 2.75) is 57.5 Å². The maximum Gasteiger partial charge on any atom is 0.271 e. The molecule has 2 N–H and O–H groups in total. The molecule has 1 saturated carbocycles. The van der Waals surface area contributed by atoms with Crippen LogP contribution in [0.15, 0.2) is 91.0 Å². The second kappa shape index (κ2) is 12.8. The van der Waals surface area contributed by atoms with Crippen LogP contribution in [0, 0.1) is 12.7 Å². The molecule has 4 aromatic rings. The Bertz CT molecular complexity index is 1430. The molecule has 1 heterocycles. The number of amides is 2. The molecule has 5 nitrogen and oxygen atoms in total. The van der Waals surface area contributed by atoms with Crippen LogP contribution in [-0.2, 0) is 11.2 Å². The Morgan fingerprint density at radius 1 is 0.900 bits per heavy atom. The summed E-state index contributed by atoms with van der Waals surface area (Å²) in [6, 6.07) is 26.6. The average molecular weight is 538 g/mol. The number of carbonyl (C=O) groups is 2. The molecular weight excluding hydrogens is 501 g/mol. The summed E-state index contributed by atoms with van der Waals surface area (Å²) in [5.41, 5.74) is 5.03. The molecular formula is C34H36FN3O2. The molecule has 0 aliphatic heterocycles. The molecule has 40 heavy (non-hydrogen) atoms. The van der Waals surface area contributed by atoms with Crippen LogP contribution in [0.2, 0.25) is 0 Å². The van der Waals surface area contributed by atoms with Gasteiger partial charge in [0.15, 0.2) is 0 Å². The normalized spacial score (nSPS) is 14.4. The zero-order valence-corrected chi connectivity index (χ0v) is 22.9. The number of aryl methyl sites for hydroxylation is 1. The highest BCUT2D eigenvalue weighted by Gasteiger charge is 2.34. The number of H-pyrrole nitrogens is 1. The lowest BCUT2D eigenvalue weighted by Crippen LogP contribution is -2.47. The van der Waals surface area contributed by atoms with E-state index in [1.807, 2.05) is 61.5 Å². The van der Waals surface area contributed by atoms with Gasteiger partial charge in [-0.05, 0) is 72.7 Å². The predicted octanol–water partition coefficient (Wildman–Crippen LogP) is 7.00. The molecule has 0 bridgehead atoms. The quantitative estimate of drug-likeness (QED) is 0.241. The lowest BCUT2D eigenvalue weighted by atomic mass is 9.94. The zero-order chi connectivity index (χ0) is 27.9. The molecule has 5 rings (SSSR count). The molecule has 1 aromatic heterocycles. The number of aromatic nitrogens is 1. The van der Waals surface area contributed by atoms with Gasteiger partial charge in [-0.15, -0.1) is 0 Å². The van der Waals surface area contributed by atoms with E-state index in [-0.39, 0.29) is 23.7 Å². The van der Waals surface area contributed by atoms with Gasteiger partial charge in [-0.2, -0.15) is 0 Å². The number of rotatable bonds is 9. The van der Waals surface area contributed by atoms with Crippen molar-refractivity contribution in [3.8, 4) is 11.3 Å². The maximum atomic E-state index is 14.2. The van der Waals surface area contributed by atoms with E-state index in [1.165, 1.54) is 18.6 Å². The van der Waals surface area contributed by atoms with Gasteiger partial charge in [-0.3, -0.25) is 9.59 Å². The summed E-state index contributed by atoms with van der Waals surface area (Å²) in [4.78, 5) is 33.1. The highest BCUT2D eigenvalue weighted by molar-refractivity contribution is 5.97. The van der Waals surface area contributed by atoms with E-state index in [0.29, 0.717) is 24.2 Å². The van der Waals surface area contributed by atoms with Gasteiger partial charge in [0.1, 0.15) is 17.6 Å². The first kappa shape index (κ1) is 27.4. The average Bonchev–Trinajstić information content (AvgIpc) is 3.48. The van der Waals surface area contributed by atoms with E-state index in [1.54, 1.807) is 23.1 Å². The third kappa shape index (κ3) is 6.50. The zero-order valence-electron chi connectivity index (χ0n) is 22.9. The molecule has 206 valence electrons. The highest BCUT2D eigenvalue weighted by atomic mass is 19.1.